The molecule has 1 fully saturated rings. The Bertz CT molecular complexity index is 558. The summed E-state index contributed by atoms with van der Waals surface area (Å²) in [6.45, 7) is 9.80. The summed E-state index contributed by atoms with van der Waals surface area (Å²) in [6.07, 6.45) is 1.78. The molecule has 0 aromatic heterocycles. The topological polar surface area (TPSA) is 48.9 Å². The molecule has 0 radical (unpaired) electrons. The molecule has 0 bridgehead atoms. The zero-order valence-corrected chi connectivity index (χ0v) is 16.3. The Morgan fingerprint density at radius 2 is 2.04 bits per heavy atom. The van der Waals surface area contributed by atoms with Gasteiger partial charge in [0.25, 0.3) is 0 Å². The van der Waals surface area contributed by atoms with Gasteiger partial charge in [-0.05, 0) is 36.5 Å². The number of hydrogen-bond donors (Lipinski definition) is 2. The second-order valence-electron chi connectivity index (χ2n) is 7.07. The Hall–Kier alpha value is -1.66. The largest absolute Gasteiger partial charge is 0.379 e. The minimum atomic E-state index is -0.171. The number of rotatable bonds is 8. The molecule has 5 nitrogen and oxygen atoms in total. The van der Waals surface area contributed by atoms with E-state index in [9.17, 15) is 4.39 Å². The molecule has 2 N–H and O–H groups in total. The minimum absolute atomic E-state index is 0.171. The summed E-state index contributed by atoms with van der Waals surface area (Å²) in [6, 6.07) is 7.27. The zero-order chi connectivity index (χ0) is 18.8. The first-order chi connectivity index (χ1) is 12.6. The van der Waals surface area contributed by atoms with Crippen LogP contribution >= 0.6 is 0 Å². The monoisotopic (exact) mass is 364 g/mol. The van der Waals surface area contributed by atoms with Crippen LogP contribution in [0, 0.1) is 11.7 Å². The Labute approximate surface area is 157 Å². The van der Waals surface area contributed by atoms with Crippen LogP contribution in [0.1, 0.15) is 25.8 Å². The summed E-state index contributed by atoms with van der Waals surface area (Å²) in [4.78, 5) is 6.81. The molecule has 0 amide bonds. The highest BCUT2D eigenvalue weighted by Gasteiger charge is 2.23. The summed E-state index contributed by atoms with van der Waals surface area (Å²) in [5.41, 5.74) is 1.03. The van der Waals surface area contributed by atoms with Crippen LogP contribution in [0.3, 0.4) is 0 Å². The summed E-state index contributed by atoms with van der Waals surface area (Å²) in [7, 11) is 1.79. The Balaban J connectivity index is 1.72. The number of aryl methyl sites for hydroxylation is 1. The molecular formula is C20H33FN4O. The van der Waals surface area contributed by atoms with Crippen molar-refractivity contribution in [3.8, 4) is 0 Å². The first kappa shape index (κ1) is 20.6. The molecule has 1 aliphatic heterocycles. The molecule has 1 aromatic carbocycles. The molecule has 1 heterocycles. The Kier molecular flexibility index (Phi) is 8.85. The van der Waals surface area contributed by atoms with E-state index >= 15 is 0 Å². The van der Waals surface area contributed by atoms with Crippen molar-refractivity contribution in [2.75, 3.05) is 46.4 Å². The van der Waals surface area contributed by atoms with Gasteiger partial charge in [0, 0.05) is 39.3 Å². The number of benzene rings is 1. The molecule has 1 aromatic rings. The van der Waals surface area contributed by atoms with Crippen molar-refractivity contribution in [1.29, 1.82) is 0 Å². The van der Waals surface area contributed by atoms with Gasteiger partial charge >= 0.3 is 0 Å². The number of nitrogens with one attached hydrogen (secondary N) is 2. The van der Waals surface area contributed by atoms with Gasteiger partial charge in [-0.3, -0.25) is 9.89 Å². The van der Waals surface area contributed by atoms with Crippen LogP contribution in [0.25, 0.3) is 0 Å². The summed E-state index contributed by atoms with van der Waals surface area (Å²) in [5.74, 6) is 1.21. The lowest BCUT2D eigenvalue weighted by Crippen LogP contribution is -2.52. The zero-order valence-electron chi connectivity index (χ0n) is 16.3. The molecule has 0 saturated carbocycles. The standard InChI is InChI=1S/C20H33FN4O/c1-16(2)19(25-10-12-26-13-11-25)15-24-20(22-3)23-9-5-7-17-6-4-8-18(21)14-17/h4,6,8,14,16,19H,5,7,9-13,15H2,1-3H3,(H2,22,23,24). The fourth-order valence-electron chi connectivity index (χ4n) is 3.31. The number of halogens is 1. The molecule has 6 heteroatoms. The van der Waals surface area contributed by atoms with E-state index in [1.54, 1.807) is 19.2 Å². The van der Waals surface area contributed by atoms with Crippen LogP contribution in [0.15, 0.2) is 29.3 Å². The lowest BCUT2D eigenvalue weighted by molar-refractivity contribution is 0.00752. The van der Waals surface area contributed by atoms with Crippen LogP contribution in [0.5, 0.6) is 0 Å². The van der Waals surface area contributed by atoms with Crippen molar-refractivity contribution in [2.24, 2.45) is 10.9 Å². The van der Waals surface area contributed by atoms with Gasteiger partial charge in [0.05, 0.1) is 13.2 Å². The lowest BCUT2D eigenvalue weighted by atomic mass is 10.0. The quantitative estimate of drug-likeness (QED) is 0.422. The molecule has 1 atom stereocenters. The first-order valence-corrected chi connectivity index (χ1v) is 9.61. The lowest BCUT2D eigenvalue weighted by Gasteiger charge is -2.37. The molecule has 0 aliphatic carbocycles. The highest BCUT2D eigenvalue weighted by molar-refractivity contribution is 5.79. The molecule has 146 valence electrons. The van der Waals surface area contributed by atoms with Crippen molar-refractivity contribution < 1.29 is 9.13 Å². The summed E-state index contributed by atoms with van der Waals surface area (Å²) in [5, 5.41) is 6.81. The van der Waals surface area contributed by atoms with Crippen molar-refractivity contribution in [2.45, 2.75) is 32.7 Å². The summed E-state index contributed by atoms with van der Waals surface area (Å²) < 4.78 is 18.7. The Morgan fingerprint density at radius 1 is 1.27 bits per heavy atom. The molecule has 0 spiro atoms. The van der Waals surface area contributed by atoms with Crippen LogP contribution in [0.4, 0.5) is 4.39 Å². The molecule has 26 heavy (non-hydrogen) atoms. The number of ether oxygens (including phenoxy) is 1. The number of guanidine groups is 1. The predicted molar refractivity (Wildman–Crippen MR) is 105 cm³/mol. The second kappa shape index (κ2) is 11.1. The first-order valence-electron chi connectivity index (χ1n) is 9.61. The minimum Gasteiger partial charge on any atom is -0.379 e. The fourth-order valence-corrected chi connectivity index (χ4v) is 3.31. The van der Waals surface area contributed by atoms with Gasteiger partial charge in [0.2, 0.25) is 0 Å². The SMILES string of the molecule is CN=C(NCCCc1cccc(F)c1)NCC(C(C)C)N1CCOCC1. The molecule has 1 saturated heterocycles. The van der Waals surface area contributed by atoms with E-state index in [4.69, 9.17) is 4.74 Å². The van der Waals surface area contributed by atoms with E-state index in [1.165, 1.54) is 6.07 Å². The molecule has 2 rings (SSSR count). The van der Waals surface area contributed by atoms with E-state index in [-0.39, 0.29) is 5.82 Å². The molecular weight excluding hydrogens is 331 g/mol. The van der Waals surface area contributed by atoms with Gasteiger partial charge in [-0.25, -0.2) is 4.39 Å². The van der Waals surface area contributed by atoms with Crippen LogP contribution in [-0.4, -0.2) is 63.3 Å². The maximum Gasteiger partial charge on any atom is 0.191 e. The smallest absolute Gasteiger partial charge is 0.191 e. The van der Waals surface area contributed by atoms with Crippen LogP contribution in [-0.2, 0) is 11.2 Å². The highest BCUT2D eigenvalue weighted by Crippen LogP contribution is 2.12. The van der Waals surface area contributed by atoms with E-state index in [2.05, 4.69) is 34.4 Å². The maximum atomic E-state index is 13.2. The van der Waals surface area contributed by atoms with E-state index in [0.717, 1.165) is 63.8 Å². The summed E-state index contributed by atoms with van der Waals surface area (Å²) >= 11 is 0. The van der Waals surface area contributed by atoms with Gasteiger partial charge in [0.15, 0.2) is 5.96 Å². The number of morpholine rings is 1. The number of hydrogen-bond acceptors (Lipinski definition) is 3. The van der Waals surface area contributed by atoms with Crippen LogP contribution in [0.2, 0.25) is 0 Å². The van der Waals surface area contributed by atoms with Crippen molar-refractivity contribution >= 4 is 5.96 Å². The van der Waals surface area contributed by atoms with E-state index in [0.29, 0.717) is 12.0 Å². The third-order valence-corrected chi connectivity index (χ3v) is 4.81. The van der Waals surface area contributed by atoms with Gasteiger partial charge in [-0.2, -0.15) is 0 Å². The van der Waals surface area contributed by atoms with Crippen LogP contribution < -0.4 is 10.6 Å². The van der Waals surface area contributed by atoms with E-state index in [1.807, 2.05) is 6.07 Å². The predicted octanol–water partition coefficient (Wildman–Crippen LogP) is 2.28. The third-order valence-electron chi connectivity index (χ3n) is 4.81. The average Bonchev–Trinajstić information content (AvgIpc) is 2.64. The third kappa shape index (κ3) is 6.92. The maximum absolute atomic E-state index is 13.2. The second-order valence-corrected chi connectivity index (χ2v) is 7.07. The number of aliphatic imine (C=N–C) groups is 1. The van der Waals surface area contributed by atoms with Gasteiger partial charge in [-0.15, -0.1) is 0 Å². The van der Waals surface area contributed by atoms with Crippen molar-refractivity contribution in [1.82, 2.24) is 15.5 Å². The van der Waals surface area contributed by atoms with Gasteiger partial charge < -0.3 is 15.4 Å². The number of nitrogens with zero attached hydrogens (tertiary/aromatic N) is 2. The Morgan fingerprint density at radius 3 is 2.69 bits per heavy atom. The molecule has 1 unspecified atom stereocenters. The van der Waals surface area contributed by atoms with Gasteiger partial charge in [-0.1, -0.05) is 26.0 Å². The van der Waals surface area contributed by atoms with Crippen molar-refractivity contribution in [3.05, 3.63) is 35.6 Å². The average molecular weight is 365 g/mol. The normalized spacial score (nSPS) is 17.3. The van der Waals surface area contributed by atoms with Gasteiger partial charge in [0.1, 0.15) is 5.82 Å². The molecule has 1 aliphatic rings. The van der Waals surface area contributed by atoms with E-state index < -0.39 is 0 Å². The van der Waals surface area contributed by atoms with Crippen molar-refractivity contribution in [3.63, 3.8) is 0 Å². The fraction of sp³-hybridized carbons (Fsp3) is 0.650. The highest BCUT2D eigenvalue weighted by atomic mass is 19.1.